The fourth-order valence-corrected chi connectivity index (χ4v) is 10.1. The first kappa shape index (κ1) is 37.7. The summed E-state index contributed by atoms with van der Waals surface area (Å²) in [6, 6.07) is 58.0. The van der Waals surface area contributed by atoms with E-state index in [-0.39, 0.29) is 21.1 Å². The summed E-state index contributed by atoms with van der Waals surface area (Å²) in [4.78, 5) is 38.0. The number of nitrogens with zero attached hydrogens (tertiary/aromatic N) is 7. The fraction of sp³-hybridized carbons (Fsp3) is 0.0351. The molecule has 2 aliphatic rings. The third-order valence-electron chi connectivity index (χ3n) is 13.0. The molecular formula is C57H33N7Pt. The summed E-state index contributed by atoms with van der Waals surface area (Å²) in [6.45, 7) is 4.29. The molecule has 2 aliphatic heterocycles. The minimum atomic E-state index is 0. The molecule has 0 saturated carbocycles. The third-order valence-corrected chi connectivity index (χ3v) is 13.0. The smallest absolute Gasteiger partial charge is 0.435 e. The van der Waals surface area contributed by atoms with Gasteiger partial charge in [0.2, 0.25) is 0 Å². The third kappa shape index (κ3) is 5.82. The van der Waals surface area contributed by atoms with E-state index < -0.39 is 0 Å². The van der Waals surface area contributed by atoms with Crippen molar-refractivity contribution in [2.45, 2.75) is 13.8 Å². The topological polar surface area (TPSA) is 92.7 Å². The van der Waals surface area contributed by atoms with Crippen LogP contribution in [-0.4, -0.2) is 24.9 Å². The van der Waals surface area contributed by atoms with Gasteiger partial charge in [-0.25, -0.2) is 9.97 Å². The van der Waals surface area contributed by atoms with E-state index in [2.05, 4.69) is 178 Å². The fourth-order valence-electron chi connectivity index (χ4n) is 10.1. The molecule has 0 fully saturated rings. The molecule has 306 valence electrons. The summed E-state index contributed by atoms with van der Waals surface area (Å²) in [5.41, 5.74) is 11.2. The minimum absolute atomic E-state index is 0. The van der Waals surface area contributed by atoms with Crippen molar-refractivity contribution in [3.8, 4) is 56.5 Å². The van der Waals surface area contributed by atoms with Gasteiger partial charge in [-0.1, -0.05) is 126 Å². The second kappa shape index (κ2) is 14.1. The Morgan fingerprint density at radius 1 is 0.338 bits per heavy atom. The van der Waals surface area contributed by atoms with Gasteiger partial charge >= 0.3 is 21.1 Å². The Bertz CT molecular complexity index is 4220. The minimum Gasteiger partial charge on any atom is -0.435 e. The van der Waals surface area contributed by atoms with Crippen LogP contribution in [0.4, 0.5) is 0 Å². The summed E-state index contributed by atoms with van der Waals surface area (Å²) in [5, 5.41) is 12.5. The first-order valence-electron chi connectivity index (χ1n) is 21.5. The molecule has 3 aromatic heterocycles. The maximum absolute atomic E-state index is 5.59. The number of aromatic nitrogens is 7. The summed E-state index contributed by atoms with van der Waals surface area (Å²) < 4.78 is 0. The Morgan fingerprint density at radius 2 is 0.692 bits per heavy atom. The Balaban J connectivity index is 0.00000423. The van der Waals surface area contributed by atoms with Gasteiger partial charge in [-0.05, 0) is 144 Å². The van der Waals surface area contributed by atoms with Gasteiger partial charge < -0.3 is 24.9 Å². The first-order chi connectivity index (χ1) is 31.5. The second-order valence-corrected chi connectivity index (χ2v) is 17.2. The van der Waals surface area contributed by atoms with Crippen LogP contribution in [0.25, 0.3) is 144 Å². The van der Waals surface area contributed by atoms with E-state index in [0.717, 1.165) is 120 Å². The van der Waals surface area contributed by atoms with Gasteiger partial charge in [-0.3, -0.25) is 0 Å². The number of fused-ring (bicyclic) bond motifs is 24. The zero-order valence-corrected chi connectivity index (χ0v) is 37.3. The average Bonchev–Trinajstić information content (AvgIpc) is 4.03. The molecule has 8 heteroatoms. The van der Waals surface area contributed by atoms with E-state index in [1.807, 2.05) is 0 Å². The maximum Gasteiger partial charge on any atom is 2.00 e. The molecule has 0 atom stereocenters. The van der Waals surface area contributed by atoms with E-state index in [1.165, 1.54) is 0 Å². The number of rotatable bonds is 1. The molecule has 7 nitrogen and oxygen atoms in total. The normalized spacial score (nSPS) is 12.0. The van der Waals surface area contributed by atoms with Crippen LogP contribution in [0.1, 0.15) is 11.1 Å². The van der Waals surface area contributed by atoms with Gasteiger partial charge in [-0.15, -0.1) is 0 Å². The van der Waals surface area contributed by atoms with Crippen LogP contribution in [0.15, 0.2) is 164 Å². The van der Waals surface area contributed by atoms with E-state index in [9.17, 15) is 0 Å². The predicted molar refractivity (Wildman–Crippen MR) is 261 cm³/mol. The van der Waals surface area contributed by atoms with Gasteiger partial charge in [0.25, 0.3) is 0 Å². The Morgan fingerprint density at radius 3 is 1.15 bits per heavy atom. The molecule has 0 N–H and O–H groups in total. The Labute approximate surface area is 386 Å². The van der Waals surface area contributed by atoms with E-state index in [0.29, 0.717) is 34.4 Å². The SMILES string of the molecule is Cc1cc(C)cc(-c2c3nc(nc4[n-]c(nc5nc(nc6[n-]c2c2cc7ccccc7cc62)-c2cc6ccccc6cc2-5)c2cc5ccccc5cc42)-c2cc4ccccc4cc2-3)c1.[Pt+2]. The molecule has 0 radical (unpaired) electrons. The van der Waals surface area contributed by atoms with Gasteiger partial charge in [0, 0.05) is 39.1 Å². The zero-order valence-electron chi connectivity index (χ0n) is 35.0. The molecule has 0 aliphatic carbocycles. The van der Waals surface area contributed by atoms with Crippen LogP contribution in [0.3, 0.4) is 0 Å². The average molecular weight is 1010 g/mol. The molecule has 5 heterocycles. The van der Waals surface area contributed by atoms with Crippen LogP contribution in [0.5, 0.6) is 0 Å². The Hall–Kier alpha value is -7.86. The second-order valence-electron chi connectivity index (χ2n) is 17.2. The van der Waals surface area contributed by atoms with Gasteiger partial charge in [0.1, 0.15) is 0 Å². The van der Waals surface area contributed by atoms with Crippen molar-refractivity contribution in [1.29, 1.82) is 0 Å². The number of aryl methyl sites for hydroxylation is 2. The van der Waals surface area contributed by atoms with Crippen molar-refractivity contribution in [2.75, 3.05) is 0 Å². The van der Waals surface area contributed by atoms with E-state index in [1.54, 1.807) is 0 Å². The van der Waals surface area contributed by atoms with Crippen molar-refractivity contribution in [2.24, 2.45) is 0 Å². The van der Waals surface area contributed by atoms with Gasteiger partial charge in [0.15, 0.2) is 0 Å². The molecule has 8 bridgehead atoms. The van der Waals surface area contributed by atoms with Crippen LogP contribution in [0, 0.1) is 13.8 Å². The number of hydrogen-bond donors (Lipinski definition) is 0. The van der Waals surface area contributed by atoms with Crippen LogP contribution in [0.2, 0.25) is 0 Å². The summed E-state index contributed by atoms with van der Waals surface area (Å²) in [5.74, 6) is 1.68. The van der Waals surface area contributed by atoms with Crippen molar-refractivity contribution in [1.82, 2.24) is 34.9 Å². The molecule has 14 rings (SSSR count). The zero-order chi connectivity index (χ0) is 42.2. The quantitative estimate of drug-likeness (QED) is 0.162. The molecule has 0 saturated heterocycles. The molecule has 0 amide bonds. The summed E-state index contributed by atoms with van der Waals surface area (Å²) >= 11 is 0. The number of hydrogen-bond acceptors (Lipinski definition) is 5. The Kier molecular flexibility index (Phi) is 8.15. The van der Waals surface area contributed by atoms with Crippen molar-refractivity contribution in [3.63, 3.8) is 0 Å². The molecular weight excluding hydrogens is 978 g/mol. The van der Waals surface area contributed by atoms with Gasteiger partial charge in [0.05, 0.1) is 23.2 Å². The van der Waals surface area contributed by atoms with Crippen molar-refractivity contribution in [3.05, 3.63) is 175 Å². The summed E-state index contributed by atoms with van der Waals surface area (Å²) in [7, 11) is 0. The predicted octanol–water partition coefficient (Wildman–Crippen LogP) is 13.6. The maximum atomic E-state index is 5.59. The molecule has 9 aromatic carbocycles. The number of benzene rings is 9. The molecule has 65 heavy (non-hydrogen) atoms. The van der Waals surface area contributed by atoms with Crippen LogP contribution >= 0.6 is 0 Å². The monoisotopic (exact) mass is 1010 g/mol. The molecule has 0 unspecified atom stereocenters. The van der Waals surface area contributed by atoms with Crippen LogP contribution in [-0.2, 0) is 21.1 Å². The van der Waals surface area contributed by atoms with Crippen molar-refractivity contribution >= 4 is 87.1 Å². The largest absolute Gasteiger partial charge is 2.00 e. The first-order valence-corrected chi connectivity index (χ1v) is 21.5. The van der Waals surface area contributed by atoms with E-state index >= 15 is 0 Å². The molecule has 0 spiro atoms. The van der Waals surface area contributed by atoms with Crippen LogP contribution < -0.4 is 9.97 Å². The van der Waals surface area contributed by atoms with Crippen molar-refractivity contribution < 1.29 is 21.1 Å². The molecule has 12 aromatic rings. The van der Waals surface area contributed by atoms with E-state index in [4.69, 9.17) is 34.9 Å². The van der Waals surface area contributed by atoms with Gasteiger partial charge in [-0.2, -0.15) is 0 Å². The standard InChI is InChI=1S/C57H33N7.Pt/c1-30-19-31(2)21-40(20-30)49-50-41-22-32-11-3-5-13-34(32)24-43(41)52(58-50)60-54-45-26-36-15-7-9-17-38(36)28-47(45)56(62-54)64-57-48-29-39-18-10-8-16-37(39)27-46(48)55(63-57)61-53-44-25-35-14-6-4-12-33(35)23-42(44)51(49)59-53;/h3-29H,1-2H3;/q-2;+2. The summed E-state index contributed by atoms with van der Waals surface area (Å²) in [6.07, 6.45) is 0.